The fourth-order valence-electron chi connectivity index (χ4n) is 0.920. The van der Waals surface area contributed by atoms with Gasteiger partial charge in [-0.15, -0.1) is 0 Å². The highest BCUT2D eigenvalue weighted by atomic mass is 35.5. The Hall–Kier alpha value is -0.580. The fraction of sp³-hybridized carbons (Fsp3) is 0.333. The second kappa shape index (κ2) is 4.29. The highest BCUT2D eigenvalue weighted by Gasteiger charge is 2.13. The van der Waals surface area contributed by atoms with E-state index in [0.717, 1.165) is 5.56 Å². The van der Waals surface area contributed by atoms with Gasteiger partial charge in [-0.1, -0.05) is 23.7 Å². The summed E-state index contributed by atoms with van der Waals surface area (Å²) < 4.78 is 24.2. The van der Waals surface area contributed by atoms with Gasteiger partial charge in [0.15, 0.2) is 0 Å². The molecular weight excluding hydrogens is 222 g/mol. The van der Waals surface area contributed by atoms with E-state index in [4.69, 9.17) is 11.6 Å². The van der Waals surface area contributed by atoms with Crippen molar-refractivity contribution in [2.45, 2.75) is 5.75 Å². The highest BCUT2D eigenvalue weighted by molar-refractivity contribution is 7.88. The molecule has 14 heavy (non-hydrogen) atoms. The predicted octanol–water partition coefficient (Wildman–Crippen LogP) is 1.73. The third-order valence-corrected chi connectivity index (χ3v) is 3.88. The molecule has 0 heterocycles. The molecule has 0 N–H and O–H groups in total. The molecule has 0 atom stereocenters. The van der Waals surface area contributed by atoms with Gasteiger partial charge in [0.2, 0.25) is 10.0 Å². The number of rotatable bonds is 3. The van der Waals surface area contributed by atoms with Crippen molar-refractivity contribution in [2.75, 3.05) is 14.1 Å². The van der Waals surface area contributed by atoms with Crippen LogP contribution in [-0.2, 0) is 15.8 Å². The van der Waals surface area contributed by atoms with E-state index >= 15 is 0 Å². The molecule has 0 saturated carbocycles. The summed E-state index contributed by atoms with van der Waals surface area (Å²) in [7, 11) is -0.136. The zero-order chi connectivity index (χ0) is 10.8. The Morgan fingerprint density at radius 3 is 2.14 bits per heavy atom. The van der Waals surface area contributed by atoms with E-state index in [0.29, 0.717) is 5.02 Å². The molecule has 78 valence electrons. The lowest BCUT2D eigenvalue weighted by Gasteiger charge is -2.10. The molecule has 0 bridgehead atoms. The Kier molecular flexibility index (Phi) is 3.53. The first-order valence-corrected chi connectivity index (χ1v) is 6.05. The Bertz CT molecular complexity index is 397. The van der Waals surface area contributed by atoms with Crippen molar-refractivity contribution in [3.05, 3.63) is 34.9 Å². The summed E-state index contributed by atoms with van der Waals surface area (Å²) >= 11 is 5.69. The zero-order valence-electron chi connectivity index (χ0n) is 8.07. The first kappa shape index (κ1) is 11.5. The van der Waals surface area contributed by atoms with Crippen molar-refractivity contribution >= 4 is 21.6 Å². The molecule has 0 aliphatic heterocycles. The van der Waals surface area contributed by atoms with Crippen LogP contribution in [0.1, 0.15) is 5.56 Å². The molecule has 5 heteroatoms. The lowest BCUT2D eigenvalue weighted by Crippen LogP contribution is -2.23. The minimum absolute atomic E-state index is 0.0111. The maximum absolute atomic E-state index is 11.5. The first-order chi connectivity index (χ1) is 6.42. The molecule has 1 aromatic rings. The lowest BCUT2D eigenvalue weighted by atomic mass is 10.2. The first-order valence-electron chi connectivity index (χ1n) is 4.06. The van der Waals surface area contributed by atoms with E-state index in [-0.39, 0.29) is 5.75 Å². The Morgan fingerprint density at radius 2 is 1.71 bits per heavy atom. The van der Waals surface area contributed by atoms with Crippen LogP contribution >= 0.6 is 11.6 Å². The number of halogens is 1. The summed E-state index contributed by atoms with van der Waals surface area (Å²) in [6, 6.07) is 6.79. The van der Waals surface area contributed by atoms with E-state index < -0.39 is 10.0 Å². The van der Waals surface area contributed by atoms with Crippen molar-refractivity contribution in [1.29, 1.82) is 0 Å². The van der Waals surface area contributed by atoms with Crippen LogP contribution in [0.5, 0.6) is 0 Å². The predicted molar refractivity (Wildman–Crippen MR) is 57.8 cm³/mol. The van der Waals surface area contributed by atoms with Crippen LogP contribution in [0.2, 0.25) is 5.02 Å². The molecule has 0 radical (unpaired) electrons. The maximum atomic E-state index is 11.5. The van der Waals surface area contributed by atoms with Gasteiger partial charge in [0.1, 0.15) is 0 Å². The van der Waals surface area contributed by atoms with Gasteiger partial charge in [-0.2, -0.15) is 0 Å². The van der Waals surface area contributed by atoms with Gasteiger partial charge in [0, 0.05) is 19.1 Å². The van der Waals surface area contributed by atoms with Crippen molar-refractivity contribution < 1.29 is 8.42 Å². The number of benzene rings is 1. The summed E-state index contributed by atoms with van der Waals surface area (Å²) in [5, 5.41) is 0.607. The summed E-state index contributed by atoms with van der Waals surface area (Å²) in [6.45, 7) is 0. The maximum Gasteiger partial charge on any atom is 0.217 e. The summed E-state index contributed by atoms with van der Waals surface area (Å²) in [6.07, 6.45) is 0. The summed E-state index contributed by atoms with van der Waals surface area (Å²) in [5.41, 5.74) is 0.739. The smallest absolute Gasteiger partial charge is 0.212 e. The van der Waals surface area contributed by atoms with E-state index in [1.807, 2.05) is 0 Å². The zero-order valence-corrected chi connectivity index (χ0v) is 9.64. The molecule has 0 aliphatic rings. The fourth-order valence-corrected chi connectivity index (χ4v) is 1.92. The second-order valence-electron chi connectivity index (χ2n) is 3.17. The van der Waals surface area contributed by atoms with Gasteiger partial charge in [0.25, 0.3) is 0 Å². The van der Waals surface area contributed by atoms with Crippen LogP contribution in [0.15, 0.2) is 24.3 Å². The van der Waals surface area contributed by atoms with E-state index in [1.54, 1.807) is 24.3 Å². The molecule has 0 aliphatic carbocycles. The van der Waals surface area contributed by atoms with Crippen LogP contribution in [0.4, 0.5) is 0 Å². The molecule has 0 amide bonds. The van der Waals surface area contributed by atoms with Crippen LogP contribution in [0.25, 0.3) is 0 Å². The highest BCUT2D eigenvalue weighted by Crippen LogP contribution is 2.12. The quantitative estimate of drug-likeness (QED) is 0.798. The lowest BCUT2D eigenvalue weighted by molar-refractivity contribution is 0.520. The third kappa shape index (κ3) is 2.97. The van der Waals surface area contributed by atoms with E-state index in [9.17, 15) is 8.42 Å². The molecule has 0 unspecified atom stereocenters. The number of sulfonamides is 1. The van der Waals surface area contributed by atoms with Crippen LogP contribution in [0, 0.1) is 0 Å². The standard InChI is InChI=1S/C9H12ClNO2S/c1-11(2)14(12,13)7-8-3-5-9(10)6-4-8/h3-6H,7H2,1-2H3. The Balaban J connectivity index is 2.85. The molecule has 0 fully saturated rings. The minimum Gasteiger partial charge on any atom is -0.212 e. The van der Waals surface area contributed by atoms with Gasteiger partial charge in [-0.05, 0) is 17.7 Å². The van der Waals surface area contributed by atoms with Crippen LogP contribution in [-0.4, -0.2) is 26.8 Å². The average Bonchev–Trinajstić information content (AvgIpc) is 2.08. The van der Waals surface area contributed by atoms with Gasteiger partial charge < -0.3 is 0 Å². The Morgan fingerprint density at radius 1 is 1.21 bits per heavy atom. The molecule has 0 saturated heterocycles. The van der Waals surface area contributed by atoms with Gasteiger partial charge in [-0.3, -0.25) is 0 Å². The summed E-state index contributed by atoms with van der Waals surface area (Å²) in [4.78, 5) is 0. The summed E-state index contributed by atoms with van der Waals surface area (Å²) in [5.74, 6) is 0.0111. The number of nitrogens with zero attached hydrogens (tertiary/aromatic N) is 1. The molecule has 3 nitrogen and oxygen atoms in total. The topological polar surface area (TPSA) is 37.4 Å². The van der Waals surface area contributed by atoms with E-state index in [1.165, 1.54) is 18.4 Å². The molecule has 0 spiro atoms. The molecule has 1 aromatic carbocycles. The second-order valence-corrected chi connectivity index (χ2v) is 5.78. The van der Waals surface area contributed by atoms with Crippen LogP contribution < -0.4 is 0 Å². The van der Waals surface area contributed by atoms with Crippen LogP contribution in [0.3, 0.4) is 0 Å². The monoisotopic (exact) mass is 233 g/mol. The largest absolute Gasteiger partial charge is 0.217 e. The number of hydrogen-bond acceptors (Lipinski definition) is 2. The van der Waals surface area contributed by atoms with Crippen molar-refractivity contribution in [3.8, 4) is 0 Å². The Labute approximate surface area is 89.4 Å². The third-order valence-electron chi connectivity index (χ3n) is 1.82. The van der Waals surface area contributed by atoms with Crippen molar-refractivity contribution in [3.63, 3.8) is 0 Å². The molecular formula is C9H12ClNO2S. The molecule has 0 aromatic heterocycles. The normalized spacial score (nSPS) is 12.0. The number of hydrogen-bond donors (Lipinski definition) is 0. The van der Waals surface area contributed by atoms with Crippen molar-refractivity contribution in [1.82, 2.24) is 4.31 Å². The minimum atomic E-state index is -3.17. The van der Waals surface area contributed by atoms with Gasteiger partial charge in [0.05, 0.1) is 5.75 Å². The average molecular weight is 234 g/mol. The van der Waals surface area contributed by atoms with Crippen molar-refractivity contribution in [2.24, 2.45) is 0 Å². The van der Waals surface area contributed by atoms with E-state index in [2.05, 4.69) is 0 Å². The molecule has 1 rings (SSSR count). The SMILES string of the molecule is CN(C)S(=O)(=O)Cc1ccc(Cl)cc1. The van der Waals surface area contributed by atoms with Gasteiger partial charge in [-0.25, -0.2) is 12.7 Å². The van der Waals surface area contributed by atoms with Gasteiger partial charge >= 0.3 is 0 Å².